The van der Waals surface area contributed by atoms with Gasteiger partial charge in [-0.3, -0.25) is 15.0 Å². The largest absolute Gasteiger partial charge is 0.478 e. The highest BCUT2D eigenvalue weighted by Gasteiger charge is 2.40. The number of ketones is 1. The first-order valence-electron chi connectivity index (χ1n) is 15.6. The Morgan fingerprint density at radius 1 is 0.977 bits per heavy atom. The lowest BCUT2D eigenvalue weighted by Gasteiger charge is -2.42. The molecule has 0 bridgehead atoms. The summed E-state index contributed by atoms with van der Waals surface area (Å²) in [7, 11) is 1.76. The standard InChI is InChI=1S/C34H44N4O5/c1-43-26-15-18-37(19-16-26)29-4-2-3-28-27(29)17-20-38(33(40)24-10-5-22(6-11-24)9-14-31(35)36)32(28)30(39)21-23-7-12-25(13-8-23)34(41)42/h2-4,7-8,12-13,22,24,26,32H,5-6,9-11,14-21H2,1H3,(H3,35,36)(H,41,42). The van der Waals surface area contributed by atoms with Crippen LogP contribution in [0.4, 0.5) is 5.69 Å². The number of carbonyl (C=O) groups is 3. The van der Waals surface area contributed by atoms with Gasteiger partial charge in [0.05, 0.1) is 17.5 Å². The van der Waals surface area contributed by atoms with Crippen LogP contribution in [0.2, 0.25) is 0 Å². The van der Waals surface area contributed by atoms with Crippen LogP contribution in [-0.4, -0.2) is 66.3 Å². The van der Waals surface area contributed by atoms with Crippen LogP contribution < -0.4 is 10.6 Å². The van der Waals surface area contributed by atoms with Crippen molar-refractivity contribution >= 4 is 29.2 Å². The molecule has 230 valence electrons. The Hall–Kier alpha value is -3.72. The molecule has 1 aliphatic carbocycles. The first kappa shape index (κ1) is 30.7. The van der Waals surface area contributed by atoms with Gasteiger partial charge in [-0.1, -0.05) is 24.3 Å². The fourth-order valence-corrected chi connectivity index (χ4v) is 7.22. The number of carboxylic acid groups (broad SMARTS) is 1. The van der Waals surface area contributed by atoms with Gasteiger partial charge in [0.2, 0.25) is 5.91 Å². The Morgan fingerprint density at radius 3 is 2.30 bits per heavy atom. The van der Waals surface area contributed by atoms with E-state index in [4.69, 9.17) is 15.9 Å². The van der Waals surface area contributed by atoms with Gasteiger partial charge < -0.3 is 25.4 Å². The van der Waals surface area contributed by atoms with E-state index in [1.165, 1.54) is 12.1 Å². The third-order valence-corrected chi connectivity index (χ3v) is 9.70. The first-order chi connectivity index (χ1) is 20.7. The molecule has 2 heterocycles. The van der Waals surface area contributed by atoms with Gasteiger partial charge >= 0.3 is 5.97 Å². The van der Waals surface area contributed by atoms with E-state index >= 15 is 0 Å². The smallest absolute Gasteiger partial charge is 0.335 e. The van der Waals surface area contributed by atoms with Crippen molar-refractivity contribution in [1.29, 1.82) is 5.41 Å². The van der Waals surface area contributed by atoms with Gasteiger partial charge in [0.15, 0.2) is 5.78 Å². The van der Waals surface area contributed by atoms with E-state index in [1.54, 1.807) is 19.2 Å². The number of ether oxygens (including phenoxy) is 1. The van der Waals surface area contributed by atoms with Crippen LogP contribution in [0, 0.1) is 17.2 Å². The summed E-state index contributed by atoms with van der Waals surface area (Å²) in [5.41, 5.74) is 9.69. The number of aromatic carboxylic acids is 1. The number of nitrogens with two attached hydrogens (primary N) is 1. The van der Waals surface area contributed by atoms with Gasteiger partial charge in [-0.2, -0.15) is 0 Å². The van der Waals surface area contributed by atoms with Crippen LogP contribution in [0.1, 0.15) is 84.5 Å². The zero-order valence-corrected chi connectivity index (χ0v) is 25.1. The number of benzene rings is 2. The number of rotatable bonds is 10. The van der Waals surface area contributed by atoms with E-state index < -0.39 is 12.0 Å². The quantitative estimate of drug-likeness (QED) is 0.269. The van der Waals surface area contributed by atoms with E-state index in [9.17, 15) is 19.5 Å². The number of carboxylic acids is 1. The molecule has 3 aliphatic rings. The van der Waals surface area contributed by atoms with E-state index in [0.717, 1.165) is 80.4 Å². The van der Waals surface area contributed by atoms with Crippen LogP contribution in [0.5, 0.6) is 0 Å². The highest BCUT2D eigenvalue weighted by atomic mass is 16.5. The summed E-state index contributed by atoms with van der Waals surface area (Å²) in [5.74, 6) is -0.424. The van der Waals surface area contributed by atoms with Gasteiger partial charge in [-0.25, -0.2) is 4.79 Å². The molecule has 9 heteroatoms. The number of hydrogen-bond acceptors (Lipinski definition) is 6. The summed E-state index contributed by atoms with van der Waals surface area (Å²) in [4.78, 5) is 43.8. The summed E-state index contributed by atoms with van der Waals surface area (Å²) in [5, 5.41) is 16.8. The lowest BCUT2D eigenvalue weighted by Crippen LogP contribution is -2.47. The number of hydrogen-bond donors (Lipinski definition) is 3. The van der Waals surface area contributed by atoms with Crippen LogP contribution in [0.3, 0.4) is 0 Å². The maximum absolute atomic E-state index is 14.1. The number of nitrogens with one attached hydrogen (secondary N) is 1. The molecule has 2 fully saturated rings. The minimum absolute atomic E-state index is 0.0530. The van der Waals surface area contributed by atoms with Gasteiger partial charge in [0, 0.05) is 51.2 Å². The van der Waals surface area contributed by atoms with E-state index in [2.05, 4.69) is 11.0 Å². The minimum Gasteiger partial charge on any atom is -0.478 e. The number of methoxy groups -OCH3 is 1. The molecular formula is C34H44N4O5. The molecule has 1 amide bonds. The molecule has 1 saturated heterocycles. The molecule has 9 nitrogen and oxygen atoms in total. The SMILES string of the molecule is COC1CCN(c2cccc3c2CCN(C(=O)C2CCC(CCC(=N)N)CC2)C3C(=O)Cc2ccc(C(=O)O)cc2)CC1. The molecule has 2 aromatic rings. The van der Waals surface area contributed by atoms with Crippen molar-refractivity contribution in [2.24, 2.45) is 17.6 Å². The van der Waals surface area contributed by atoms with Crippen molar-refractivity contribution in [3.63, 3.8) is 0 Å². The van der Waals surface area contributed by atoms with Crippen molar-refractivity contribution in [3.8, 4) is 0 Å². The average Bonchev–Trinajstić information content (AvgIpc) is 3.03. The lowest BCUT2D eigenvalue weighted by molar-refractivity contribution is -0.144. The minimum atomic E-state index is -1.01. The van der Waals surface area contributed by atoms with Crippen molar-refractivity contribution in [2.45, 2.75) is 76.4 Å². The monoisotopic (exact) mass is 588 g/mol. The highest BCUT2D eigenvalue weighted by molar-refractivity contribution is 5.93. The average molecular weight is 589 g/mol. The fourth-order valence-electron chi connectivity index (χ4n) is 7.22. The highest BCUT2D eigenvalue weighted by Crippen LogP contribution is 2.40. The predicted molar refractivity (Wildman–Crippen MR) is 166 cm³/mol. The van der Waals surface area contributed by atoms with E-state index in [-0.39, 0.29) is 41.5 Å². The zero-order chi connectivity index (χ0) is 30.5. The molecule has 1 atom stereocenters. The molecule has 4 N–H and O–H groups in total. The fraction of sp³-hybridized carbons (Fsp3) is 0.529. The second-order valence-electron chi connectivity index (χ2n) is 12.4. The van der Waals surface area contributed by atoms with Gasteiger partial charge in [-0.05, 0) is 92.2 Å². The Labute approximate surface area is 253 Å². The Kier molecular flexibility index (Phi) is 9.80. The molecule has 0 radical (unpaired) electrons. The van der Waals surface area contributed by atoms with Crippen LogP contribution in [0.25, 0.3) is 0 Å². The summed E-state index contributed by atoms with van der Waals surface area (Å²) >= 11 is 0. The number of amidine groups is 1. The number of carbonyl (C=O) groups excluding carboxylic acids is 2. The van der Waals surface area contributed by atoms with E-state index in [0.29, 0.717) is 25.3 Å². The summed E-state index contributed by atoms with van der Waals surface area (Å²) in [6.45, 7) is 2.27. The van der Waals surface area contributed by atoms with Crippen molar-refractivity contribution in [2.75, 3.05) is 31.6 Å². The third kappa shape index (κ3) is 7.09. The molecular weight excluding hydrogens is 544 g/mol. The normalized spacial score (nSPS) is 22.6. The third-order valence-electron chi connectivity index (χ3n) is 9.70. The van der Waals surface area contributed by atoms with Crippen LogP contribution >= 0.6 is 0 Å². The van der Waals surface area contributed by atoms with Gasteiger partial charge in [-0.15, -0.1) is 0 Å². The van der Waals surface area contributed by atoms with Crippen molar-refractivity contribution in [3.05, 3.63) is 64.7 Å². The maximum Gasteiger partial charge on any atom is 0.335 e. The second kappa shape index (κ2) is 13.7. The number of amides is 1. The number of piperidine rings is 1. The molecule has 1 saturated carbocycles. The molecule has 0 aromatic heterocycles. The van der Waals surface area contributed by atoms with Gasteiger partial charge in [0.25, 0.3) is 0 Å². The molecule has 43 heavy (non-hydrogen) atoms. The molecule has 2 aliphatic heterocycles. The van der Waals surface area contributed by atoms with Crippen molar-refractivity contribution in [1.82, 2.24) is 4.90 Å². The lowest BCUT2D eigenvalue weighted by atomic mass is 9.78. The topological polar surface area (TPSA) is 137 Å². The zero-order valence-electron chi connectivity index (χ0n) is 25.1. The molecule has 2 aromatic carbocycles. The molecule has 0 spiro atoms. The number of nitrogens with zero attached hydrogens (tertiary/aromatic N) is 2. The molecule has 1 unspecified atom stereocenters. The summed E-state index contributed by atoms with van der Waals surface area (Å²) in [6.07, 6.45) is 7.93. The van der Waals surface area contributed by atoms with Crippen LogP contribution in [0.15, 0.2) is 42.5 Å². The predicted octanol–water partition coefficient (Wildman–Crippen LogP) is 4.76. The Balaban J connectivity index is 1.39. The summed E-state index contributed by atoms with van der Waals surface area (Å²) < 4.78 is 5.58. The maximum atomic E-state index is 14.1. The number of anilines is 1. The Morgan fingerprint density at radius 2 is 1.67 bits per heavy atom. The number of Topliss-reactive ketones (excluding diaryl/α,β-unsaturated/α-hetero) is 1. The summed E-state index contributed by atoms with van der Waals surface area (Å²) in [6, 6.07) is 11.9. The Bertz CT molecular complexity index is 1330. The van der Waals surface area contributed by atoms with Crippen molar-refractivity contribution < 1.29 is 24.2 Å². The van der Waals surface area contributed by atoms with Gasteiger partial charge in [0.1, 0.15) is 6.04 Å². The van der Waals surface area contributed by atoms with Crippen LogP contribution in [-0.2, 0) is 27.2 Å². The first-order valence-corrected chi connectivity index (χ1v) is 15.6. The van der Waals surface area contributed by atoms with E-state index in [1.807, 2.05) is 17.0 Å². The second-order valence-corrected chi connectivity index (χ2v) is 12.4. The number of fused-ring (bicyclic) bond motifs is 1. The molecule has 5 rings (SSSR count).